The molecule has 0 aliphatic carbocycles. The van der Waals surface area contributed by atoms with Crippen molar-refractivity contribution in [2.75, 3.05) is 19.8 Å². The van der Waals surface area contributed by atoms with Gasteiger partial charge in [-0.3, -0.25) is 0 Å². The number of hydrogen-bond donors (Lipinski definition) is 2. The molecule has 1 saturated heterocycles. The number of rotatable bonds is 4. The van der Waals surface area contributed by atoms with Crippen LogP contribution in [0.3, 0.4) is 0 Å². The minimum absolute atomic E-state index is 0.0105. The van der Waals surface area contributed by atoms with Gasteiger partial charge < -0.3 is 15.6 Å². The van der Waals surface area contributed by atoms with Crippen LogP contribution in [0.1, 0.15) is 24.3 Å². The first-order valence-electron chi connectivity index (χ1n) is 6.44. The first-order valence-corrected chi connectivity index (χ1v) is 7.23. The summed E-state index contributed by atoms with van der Waals surface area (Å²) >= 11 is 3.54. The lowest BCUT2D eigenvalue weighted by atomic mass is 9.82. The normalized spacial score (nSPS) is 20.6. The van der Waals surface area contributed by atoms with E-state index in [2.05, 4.69) is 15.9 Å². The Morgan fingerprint density at radius 2 is 2.00 bits per heavy atom. The second-order valence-electron chi connectivity index (χ2n) is 4.80. The molecule has 2 rings (SSSR count). The van der Waals surface area contributed by atoms with Gasteiger partial charge in [0.25, 0.3) is 0 Å². The molecule has 3 N–H and O–H groups in total. The molecule has 18 heavy (non-hydrogen) atoms. The fraction of sp³-hybridized carbons (Fsp3) is 0.571. The second-order valence-corrected chi connectivity index (χ2v) is 5.66. The second kappa shape index (κ2) is 6.66. The Balaban J connectivity index is 2.14. The summed E-state index contributed by atoms with van der Waals surface area (Å²) in [7, 11) is 0. The number of ether oxygens (including phenoxy) is 1. The van der Waals surface area contributed by atoms with Crippen molar-refractivity contribution in [3.05, 3.63) is 34.3 Å². The summed E-state index contributed by atoms with van der Waals surface area (Å²) in [6.07, 6.45) is 1.45. The molecule has 3 nitrogen and oxygen atoms in total. The Hall–Kier alpha value is -0.420. The van der Waals surface area contributed by atoms with Crippen molar-refractivity contribution in [1.29, 1.82) is 0 Å². The van der Waals surface area contributed by atoms with Crippen molar-refractivity contribution in [3.63, 3.8) is 0 Å². The summed E-state index contributed by atoms with van der Waals surface area (Å²) in [5.41, 5.74) is 6.97. The number of aliphatic hydroxyl groups excluding tert-OH is 1. The maximum absolute atomic E-state index is 10.6. The SMILES string of the molecule is NCC(c1ccccc1Br)C(O)C1CCOCC1. The van der Waals surface area contributed by atoms with Crippen LogP contribution < -0.4 is 5.73 Å². The zero-order chi connectivity index (χ0) is 13.0. The molecule has 1 fully saturated rings. The van der Waals surface area contributed by atoms with Crippen molar-refractivity contribution < 1.29 is 9.84 Å². The topological polar surface area (TPSA) is 55.5 Å². The van der Waals surface area contributed by atoms with Gasteiger partial charge in [0.1, 0.15) is 0 Å². The quantitative estimate of drug-likeness (QED) is 0.896. The predicted molar refractivity (Wildman–Crippen MR) is 75.5 cm³/mol. The lowest BCUT2D eigenvalue weighted by Crippen LogP contribution is -2.35. The highest BCUT2D eigenvalue weighted by molar-refractivity contribution is 9.10. The average molecular weight is 314 g/mol. The largest absolute Gasteiger partial charge is 0.392 e. The van der Waals surface area contributed by atoms with Crippen molar-refractivity contribution in [2.24, 2.45) is 11.7 Å². The molecule has 1 aromatic rings. The van der Waals surface area contributed by atoms with Gasteiger partial charge in [0.05, 0.1) is 6.10 Å². The minimum Gasteiger partial charge on any atom is -0.392 e. The third-order valence-corrected chi connectivity index (χ3v) is 4.44. The molecule has 1 heterocycles. The summed E-state index contributed by atoms with van der Waals surface area (Å²) in [6.45, 7) is 1.95. The molecule has 0 spiro atoms. The van der Waals surface area contributed by atoms with Gasteiger partial charge in [-0.1, -0.05) is 34.1 Å². The monoisotopic (exact) mass is 313 g/mol. The molecule has 0 saturated carbocycles. The maximum Gasteiger partial charge on any atom is 0.0651 e. The van der Waals surface area contributed by atoms with Gasteiger partial charge in [-0.15, -0.1) is 0 Å². The Labute approximate surface area is 116 Å². The fourth-order valence-electron chi connectivity index (χ4n) is 2.61. The van der Waals surface area contributed by atoms with Crippen LogP contribution in [0.5, 0.6) is 0 Å². The van der Waals surface area contributed by atoms with Crippen LogP contribution in [-0.2, 0) is 4.74 Å². The van der Waals surface area contributed by atoms with E-state index in [4.69, 9.17) is 10.5 Å². The highest BCUT2D eigenvalue weighted by Crippen LogP contribution is 2.32. The standard InChI is InChI=1S/C14H20BrNO2/c15-13-4-2-1-3-11(13)12(9-16)14(17)10-5-7-18-8-6-10/h1-4,10,12,14,17H,5-9,16H2. The van der Waals surface area contributed by atoms with E-state index in [-0.39, 0.29) is 5.92 Å². The molecular weight excluding hydrogens is 294 g/mol. The third-order valence-electron chi connectivity index (χ3n) is 3.72. The van der Waals surface area contributed by atoms with E-state index in [1.807, 2.05) is 24.3 Å². The summed E-state index contributed by atoms with van der Waals surface area (Å²) in [5, 5.41) is 10.6. The number of benzene rings is 1. The Kier molecular flexibility index (Phi) is 5.18. The summed E-state index contributed by atoms with van der Waals surface area (Å²) in [4.78, 5) is 0. The Bertz CT molecular complexity index is 380. The van der Waals surface area contributed by atoms with Crippen molar-refractivity contribution >= 4 is 15.9 Å². The van der Waals surface area contributed by atoms with Crippen molar-refractivity contribution in [3.8, 4) is 0 Å². The molecule has 4 heteroatoms. The van der Waals surface area contributed by atoms with Crippen LogP contribution in [0.25, 0.3) is 0 Å². The highest BCUT2D eigenvalue weighted by Gasteiger charge is 2.30. The Morgan fingerprint density at radius 1 is 1.33 bits per heavy atom. The summed E-state index contributed by atoms with van der Waals surface area (Å²) < 4.78 is 6.36. The van der Waals surface area contributed by atoms with Crippen LogP contribution in [0.2, 0.25) is 0 Å². The van der Waals surface area contributed by atoms with Crippen LogP contribution >= 0.6 is 15.9 Å². The predicted octanol–water partition coefficient (Wildman–Crippen LogP) is 2.28. The van der Waals surface area contributed by atoms with E-state index in [9.17, 15) is 5.11 Å². The Morgan fingerprint density at radius 3 is 2.61 bits per heavy atom. The molecule has 100 valence electrons. The van der Waals surface area contributed by atoms with E-state index in [0.717, 1.165) is 36.1 Å². The van der Waals surface area contributed by atoms with Crippen LogP contribution in [0, 0.1) is 5.92 Å². The maximum atomic E-state index is 10.6. The smallest absolute Gasteiger partial charge is 0.0651 e. The van der Waals surface area contributed by atoms with E-state index in [1.54, 1.807) is 0 Å². The van der Waals surface area contributed by atoms with Gasteiger partial charge in [0.15, 0.2) is 0 Å². The zero-order valence-electron chi connectivity index (χ0n) is 10.4. The molecule has 0 radical (unpaired) electrons. The van der Waals surface area contributed by atoms with Gasteiger partial charge in [-0.05, 0) is 30.4 Å². The van der Waals surface area contributed by atoms with Gasteiger partial charge in [-0.2, -0.15) is 0 Å². The fourth-order valence-corrected chi connectivity index (χ4v) is 3.19. The van der Waals surface area contributed by atoms with Crippen LogP contribution in [0.15, 0.2) is 28.7 Å². The average Bonchev–Trinajstić information content (AvgIpc) is 2.42. The van der Waals surface area contributed by atoms with Gasteiger partial charge in [0, 0.05) is 30.1 Å². The molecular formula is C14H20BrNO2. The first kappa shape index (κ1) is 14.0. The molecule has 0 amide bonds. The lowest BCUT2D eigenvalue weighted by Gasteiger charge is -2.32. The van der Waals surface area contributed by atoms with E-state index >= 15 is 0 Å². The van der Waals surface area contributed by atoms with Gasteiger partial charge in [-0.25, -0.2) is 0 Å². The van der Waals surface area contributed by atoms with Gasteiger partial charge >= 0.3 is 0 Å². The van der Waals surface area contributed by atoms with Gasteiger partial charge in [0.2, 0.25) is 0 Å². The minimum atomic E-state index is -0.391. The van der Waals surface area contributed by atoms with Crippen LogP contribution in [0.4, 0.5) is 0 Å². The zero-order valence-corrected chi connectivity index (χ0v) is 12.0. The highest BCUT2D eigenvalue weighted by atomic mass is 79.9. The number of aliphatic hydroxyl groups is 1. The van der Waals surface area contributed by atoms with E-state index in [0.29, 0.717) is 12.5 Å². The summed E-state index contributed by atoms with van der Waals surface area (Å²) in [5.74, 6) is 0.281. The number of nitrogens with two attached hydrogens (primary N) is 1. The third kappa shape index (κ3) is 3.12. The summed E-state index contributed by atoms with van der Waals surface area (Å²) in [6, 6.07) is 7.99. The first-order chi connectivity index (χ1) is 8.74. The molecule has 1 aliphatic heterocycles. The van der Waals surface area contributed by atoms with Crippen molar-refractivity contribution in [1.82, 2.24) is 0 Å². The number of halogens is 1. The lowest BCUT2D eigenvalue weighted by molar-refractivity contribution is -0.00202. The molecule has 2 atom stereocenters. The van der Waals surface area contributed by atoms with Crippen LogP contribution in [-0.4, -0.2) is 31.0 Å². The molecule has 1 aliphatic rings. The van der Waals surface area contributed by atoms with E-state index in [1.165, 1.54) is 0 Å². The van der Waals surface area contributed by atoms with Crippen molar-refractivity contribution in [2.45, 2.75) is 24.9 Å². The molecule has 2 unspecified atom stereocenters. The molecule has 1 aromatic carbocycles. The number of hydrogen-bond acceptors (Lipinski definition) is 3. The molecule has 0 aromatic heterocycles. The van der Waals surface area contributed by atoms with E-state index < -0.39 is 6.10 Å². The molecule has 0 bridgehead atoms.